The van der Waals surface area contributed by atoms with Gasteiger partial charge in [0, 0.05) is 17.9 Å². The van der Waals surface area contributed by atoms with Gasteiger partial charge >= 0.3 is 0 Å². The smallest absolute Gasteiger partial charge is 0.163 e. The van der Waals surface area contributed by atoms with Gasteiger partial charge in [-0.3, -0.25) is 14.4 Å². The summed E-state index contributed by atoms with van der Waals surface area (Å²) >= 11 is 0. The molecule has 0 N–H and O–H groups in total. The molecule has 3 heteroatoms. The minimum absolute atomic E-state index is 0.0426. The SMILES string of the molecule is CCCCC(C)(C)c1ccc2c(c1C)C(=O)CC(CC(CCC)C(CC)C(=O)CC(C)=O)C2. The fourth-order valence-electron chi connectivity index (χ4n) is 6.21. The summed E-state index contributed by atoms with van der Waals surface area (Å²) in [5, 5.41) is 0. The zero-order valence-corrected chi connectivity index (χ0v) is 22.2. The molecule has 1 aliphatic rings. The summed E-state index contributed by atoms with van der Waals surface area (Å²) in [6.07, 6.45) is 8.68. The van der Waals surface area contributed by atoms with Crippen LogP contribution in [0.15, 0.2) is 12.1 Å². The first-order chi connectivity index (χ1) is 15.5. The summed E-state index contributed by atoms with van der Waals surface area (Å²) in [7, 11) is 0. The van der Waals surface area contributed by atoms with Gasteiger partial charge in [0.15, 0.2) is 5.78 Å². The zero-order valence-electron chi connectivity index (χ0n) is 22.2. The van der Waals surface area contributed by atoms with Crippen molar-refractivity contribution in [1.82, 2.24) is 0 Å². The second kappa shape index (κ2) is 12.1. The standard InChI is InChI=1S/C30H46O3/c1-8-11-15-30(6,7)26-14-13-24-18-22(19-28(33)29(24)21(26)5)17-23(12-9-2)25(10-3)27(32)16-20(4)31/h13-14,22-23,25H,8-12,15-19H2,1-7H3. The molecule has 1 aromatic carbocycles. The number of hydrogen-bond acceptors (Lipinski definition) is 3. The van der Waals surface area contributed by atoms with Crippen molar-refractivity contribution in [3.05, 3.63) is 34.4 Å². The van der Waals surface area contributed by atoms with Crippen LogP contribution in [0.4, 0.5) is 0 Å². The molecule has 0 radical (unpaired) electrons. The van der Waals surface area contributed by atoms with Gasteiger partial charge in [0.2, 0.25) is 0 Å². The Labute approximate surface area is 202 Å². The van der Waals surface area contributed by atoms with Crippen molar-refractivity contribution >= 4 is 17.3 Å². The Bertz CT molecular complexity index is 848. The second-order valence-corrected chi connectivity index (χ2v) is 11.1. The van der Waals surface area contributed by atoms with E-state index >= 15 is 0 Å². The lowest BCUT2D eigenvalue weighted by molar-refractivity contribution is -0.129. The fraction of sp³-hybridized carbons (Fsp3) is 0.700. The van der Waals surface area contributed by atoms with Crippen LogP contribution in [0.25, 0.3) is 0 Å². The third kappa shape index (κ3) is 6.87. The normalized spacial score (nSPS) is 18.0. The maximum Gasteiger partial charge on any atom is 0.163 e. The third-order valence-corrected chi connectivity index (χ3v) is 7.84. The molecule has 0 aromatic heterocycles. The summed E-state index contributed by atoms with van der Waals surface area (Å²) in [5.74, 6) is 0.752. The predicted molar refractivity (Wildman–Crippen MR) is 137 cm³/mol. The average molecular weight is 455 g/mol. The molecule has 0 saturated carbocycles. The Hall–Kier alpha value is -1.77. The molecule has 0 bridgehead atoms. The molecule has 3 unspecified atom stereocenters. The van der Waals surface area contributed by atoms with E-state index in [0.29, 0.717) is 6.42 Å². The van der Waals surface area contributed by atoms with Gasteiger partial charge in [0.1, 0.15) is 11.6 Å². The first-order valence-electron chi connectivity index (χ1n) is 13.2. The van der Waals surface area contributed by atoms with E-state index in [2.05, 4.69) is 53.7 Å². The Balaban J connectivity index is 2.25. The molecule has 2 rings (SSSR count). The topological polar surface area (TPSA) is 51.2 Å². The Kier molecular flexibility index (Phi) is 10.1. The highest BCUT2D eigenvalue weighted by molar-refractivity contribution is 6.00. The van der Waals surface area contributed by atoms with Gasteiger partial charge in [-0.25, -0.2) is 0 Å². The third-order valence-electron chi connectivity index (χ3n) is 7.84. The van der Waals surface area contributed by atoms with Crippen LogP contribution in [0.5, 0.6) is 0 Å². The summed E-state index contributed by atoms with van der Waals surface area (Å²) in [6.45, 7) is 14.7. The van der Waals surface area contributed by atoms with Gasteiger partial charge in [-0.1, -0.05) is 72.4 Å². The largest absolute Gasteiger partial charge is 0.300 e. The Morgan fingerprint density at radius 2 is 1.79 bits per heavy atom. The molecule has 33 heavy (non-hydrogen) atoms. The van der Waals surface area contributed by atoms with Gasteiger partial charge in [-0.2, -0.15) is 0 Å². The summed E-state index contributed by atoms with van der Waals surface area (Å²) in [5.41, 5.74) is 4.70. The molecule has 0 fully saturated rings. The molecular formula is C30H46O3. The number of Topliss-reactive ketones (excluding diaryl/α,β-unsaturated/α-hetero) is 3. The number of rotatable bonds is 13. The van der Waals surface area contributed by atoms with Crippen LogP contribution in [-0.2, 0) is 21.4 Å². The molecule has 0 saturated heterocycles. The molecule has 0 spiro atoms. The molecule has 0 amide bonds. The second-order valence-electron chi connectivity index (χ2n) is 11.1. The summed E-state index contributed by atoms with van der Waals surface area (Å²) < 4.78 is 0. The van der Waals surface area contributed by atoms with E-state index in [-0.39, 0.29) is 46.9 Å². The fourth-order valence-corrected chi connectivity index (χ4v) is 6.21. The number of fused-ring (bicyclic) bond motifs is 1. The van der Waals surface area contributed by atoms with Gasteiger partial charge in [0.25, 0.3) is 0 Å². The van der Waals surface area contributed by atoms with Crippen LogP contribution in [0.3, 0.4) is 0 Å². The Morgan fingerprint density at radius 3 is 2.36 bits per heavy atom. The molecule has 3 atom stereocenters. The van der Waals surface area contributed by atoms with Crippen molar-refractivity contribution in [2.45, 2.75) is 118 Å². The van der Waals surface area contributed by atoms with Crippen LogP contribution in [0, 0.1) is 24.7 Å². The van der Waals surface area contributed by atoms with E-state index < -0.39 is 0 Å². The molecule has 1 aliphatic carbocycles. The van der Waals surface area contributed by atoms with Gasteiger partial charge in [-0.05, 0) is 73.5 Å². The highest BCUT2D eigenvalue weighted by Crippen LogP contribution is 2.39. The van der Waals surface area contributed by atoms with Gasteiger partial charge < -0.3 is 0 Å². The van der Waals surface area contributed by atoms with Crippen molar-refractivity contribution in [3.8, 4) is 0 Å². The molecule has 3 nitrogen and oxygen atoms in total. The van der Waals surface area contributed by atoms with Crippen molar-refractivity contribution in [1.29, 1.82) is 0 Å². The van der Waals surface area contributed by atoms with E-state index in [0.717, 1.165) is 44.1 Å². The van der Waals surface area contributed by atoms with Crippen LogP contribution in [0.1, 0.15) is 126 Å². The number of carbonyl (C=O) groups is 3. The van der Waals surface area contributed by atoms with E-state index in [1.54, 1.807) is 0 Å². The van der Waals surface area contributed by atoms with Crippen LogP contribution in [0.2, 0.25) is 0 Å². The molecule has 0 aliphatic heterocycles. The lowest BCUT2D eigenvalue weighted by Gasteiger charge is -2.34. The molecule has 0 heterocycles. The van der Waals surface area contributed by atoms with Crippen LogP contribution < -0.4 is 0 Å². The highest BCUT2D eigenvalue weighted by Gasteiger charge is 2.34. The zero-order chi connectivity index (χ0) is 24.8. The van der Waals surface area contributed by atoms with E-state index in [4.69, 9.17) is 0 Å². The minimum atomic E-state index is -0.0752. The Morgan fingerprint density at radius 1 is 1.09 bits per heavy atom. The first kappa shape index (κ1) is 27.5. The maximum absolute atomic E-state index is 13.4. The molecular weight excluding hydrogens is 408 g/mol. The average Bonchev–Trinajstić information content (AvgIpc) is 2.72. The van der Waals surface area contributed by atoms with Crippen molar-refractivity contribution in [2.75, 3.05) is 0 Å². The number of carbonyl (C=O) groups excluding carboxylic acids is 3. The summed E-state index contributed by atoms with van der Waals surface area (Å²) in [4.78, 5) is 37.7. The van der Waals surface area contributed by atoms with Crippen molar-refractivity contribution < 1.29 is 14.4 Å². The monoisotopic (exact) mass is 454 g/mol. The molecule has 1 aromatic rings. The maximum atomic E-state index is 13.4. The van der Waals surface area contributed by atoms with E-state index in [9.17, 15) is 14.4 Å². The number of ketones is 3. The lowest BCUT2D eigenvalue weighted by Crippen LogP contribution is -2.30. The van der Waals surface area contributed by atoms with Crippen LogP contribution in [-0.4, -0.2) is 17.3 Å². The predicted octanol–water partition coefficient (Wildman–Crippen LogP) is 7.59. The van der Waals surface area contributed by atoms with Crippen LogP contribution >= 0.6 is 0 Å². The highest BCUT2D eigenvalue weighted by atomic mass is 16.1. The summed E-state index contributed by atoms with van der Waals surface area (Å²) in [6, 6.07) is 4.46. The lowest BCUT2D eigenvalue weighted by atomic mass is 9.70. The number of unbranched alkanes of at least 4 members (excludes halogenated alkanes) is 1. The molecule has 184 valence electrons. The minimum Gasteiger partial charge on any atom is -0.300 e. The quantitative estimate of drug-likeness (QED) is 0.288. The van der Waals surface area contributed by atoms with E-state index in [1.165, 1.54) is 36.5 Å². The van der Waals surface area contributed by atoms with Crippen molar-refractivity contribution in [3.63, 3.8) is 0 Å². The number of benzene rings is 1. The van der Waals surface area contributed by atoms with Crippen molar-refractivity contribution in [2.24, 2.45) is 17.8 Å². The van der Waals surface area contributed by atoms with Gasteiger partial charge in [0.05, 0.1) is 6.42 Å². The first-order valence-corrected chi connectivity index (χ1v) is 13.2. The number of hydrogen-bond donors (Lipinski definition) is 0. The van der Waals surface area contributed by atoms with Gasteiger partial charge in [-0.15, -0.1) is 0 Å². The van der Waals surface area contributed by atoms with E-state index in [1.807, 2.05) is 0 Å².